The van der Waals surface area contributed by atoms with Gasteiger partial charge in [0.05, 0.1) is 5.69 Å². The molecule has 0 aromatic carbocycles. The van der Waals surface area contributed by atoms with Crippen LogP contribution in [0, 0.1) is 0 Å². The Balaban J connectivity index is 2.17. The Kier molecular flexibility index (Phi) is 5.97. The van der Waals surface area contributed by atoms with Crippen molar-refractivity contribution in [3.63, 3.8) is 0 Å². The van der Waals surface area contributed by atoms with Gasteiger partial charge >= 0.3 is 0 Å². The van der Waals surface area contributed by atoms with Crippen molar-refractivity contribution in [3.05, 3.63) is 10.6 Å². The van der Waals surface area contributed by atoms with Crippen molar-refractivity contribution in [1.82, 2.24) is 10.3 Å². The van der Waals surface area contributed by atoms with Crippen LogP contribution in [-0.4, -0.2) is 35.1 Å². The molecular formula is C16H29N3S2. The number of nitrogens with zero attached hydrogens (tertiary/aromatic N) is 2. The zero-order valence-corrected chi connectivity index (χ0v) is 15.7. The number of aromatic nitrogens is 1. The third-order valence-corrected chi connectivity index (χ3v) is 5.93. The van der Waals surface area contributed by atoms with Gasteiger partial charge in [0.25, 0.3) is 0 Å². The van der Waals surface area contributed by atoms with Crippen LogP contribution in [0.3, 0.4) is 0 Å². The first-order chi connectivity index (χ1) is 9.90. The van der Waals surface area contributed by atoms with Gasteiger partial charge in [0.2, 0.25) is 0 Å². The summed E-state index contributed by atoms with van der Waals surface area (Å²) >= 11 is 3.95. The molecule has 1 aliphatic rings. The van der Waals surface area contributed by atoms with Gasteiger partial charge in [-0.2, -0.15) is 11.8 Å². The average molecular weight is 328 g/mol. The Morgan fingerprint density at radius 2 is 1.95 bits per heavy atom. The molecule has 1 aliphatic heterocycles. The molecule has 1 fully saturated rings. The molecule has 0 saturated carbocycles. The van der Waals surface area contributed by atoms with Crippen LogP contribution in [-0.2, 0) is 6.54 Å². The number of nitrogens with one attached hydrogen (secondary N) is 1. The fraction of sp³-hybridized carbons (Fsp3) is 0.812. The lowest BCUT2D eigenvalue weighted by Crippen LogP contribution is -2.35. The maximum Gasteiger partial charge on any atom is 0.185 e. The summed E-state index contributed by atoms with van der Waals surface area (Å²) in [5.41, 5.74) is 1.46. The second-order valence-corrected chi connectivity index (χ2v) is 9.10. The van der Waals surface area contributed by atoms with Crippen LogP contribution < -0.4 is 10.2 Å². The van der Waals surface area contributed by atoms with E-state index in [0.29, 0.717) is 5.92 Å². The molecule has 0 radical (unpaired) electrons. The van der Waals surface area contributed by atoms with Crippen LogP contribution >= 0.6 is 23.1 Å². The quantitative estimate of drug-likeness (QED) is 0.881. The Hall–Kier alpha value is -0.260. The SMILES string of the molecule is CCC(C)c1nc(N2CCSCC2)sc1CNC(C)(C)C. The molecule has 1 unspecified atom stereocenters. The second kappa shape index (κ2) is 7.34. The minimum Gasteiger partial charge on any atom is -0.346 e. The molecule has 1 saturated heterocycles. The summed E-state index contributed by atoms with van der Waals surface area (Å²) in [4.78, 5) is 8.89. The lowest BCUT2D eigenvalue weighted by atomic mass is 10.0. The molecule has 1 aromatic rings. The maximum absolute atomic E-state index is 5.00. The molecule has 1 N–H and O–H groups in total. The highest BCUT2D eigenvalue weighted by Gasteiger charge is 2.21. The molecule has 5 heteroatoms. The molecule has 21 heavy (non-hydrogen) atoms. The first-order valence-electron chi connectivity index (χ1n) is 7.98. The number of anilines is 1. The van der Waals surface area contributed by atoms with Crippen LogP contribution in [0.25, 0.3) is 0 Å². The predicted molar refractivity (Wildman–Crippen MR) is 97.0 cm³/mol. The first kappa shape index (κ1) is 17.1. The molecule has 2 rings (SSSR count). The Bertz CT molecular complexity index is 445. The van der Waals surface area contributed by atoms with Crippen LogP contribution in [0.4, 0.5) is 5.13 Å². The monoisotopic (exact) mass is 327 g/mol. The maximum atomic E-state index is 5.00. The van der Waals surface area contributed by atoms with Gasteiger partial charge in [0, 0.05) is 41.6 Å². The summed E-state index contributed by atoms with van der Waals surface area (Å²) in [5, 5.41) is 4.85. The largest absolute Gasteiger partial charge is 0.346 e. The topological polar surface area (TPSA) is 28.2 Å². The van der Waals surface area contributed by atoms with E-state index >= 15 is 0 Å². The van der Waals surface area contributed by atoms with Gasteiger partial charge in [0.1, 0.15) is 0 Å². The normalized spacial score (nSPS) is 18.0. The van der Waals surface area contributed by atoms with Gasteiger partial charge in [-0.3, -0.25) is 0 Å². The standard InChI is InChI=1S/C16H29N3S2/c1-6-12(2)14-13(11-17-16(3,4)5)21-15(18-14)19-7-9-20-10-8-19/h12,17H,6-11H2,1-5H3. The van der Waals surface area contributed by atoms with Crippen LogP contribution in [0.5, 0.6) is 0 Å². The van der Waals surface area contributed by atoms with E-state index in [-0.39, 0.29) is 5.54 Å². The predicted octanol–water partition coefficient (Wildman–Crippen LogP) is 4.10. The van der Waals surface area contributed by atoms with Crippen molar-refractivity contribution >= 4 is 28.2 Å². The van der Waals surface area contributed by atoms with Gasteiger partial charge in [-0.25, -0.2) is 4.98 Å². The van der Waals surface area contributed by atoms with Gasteiger partial charge < -0.3 is 10.2 Å². The van der Waals surface area contributed by atoms with Crippen molar-refractivity contribution in [2.75, 3.05) is 29.5 Å². The number of hydrogen-bond acceptors (Lipinski definition) is 5. The van der Waals surface area contributed by atoms with Gasteiger partial charge in [-0.05, 0) is 33.1 Å². The van der Waals surface area contributed by atoms with Crippen molar-refractivity contribution in [1.29, 1.82) is 0 Å². The van der Waals surface area contributed by atoms with Crippen molar-refractivity contribution in [2.24, 2.45) is 0 Å². The number of thiazole rings is 1. The molecule has 1 atom stereocenters. The zero-order chi connectivity index (χ0) is 15.5. The summed E-state index contributed by atoms with van der Waals surface area (Å²) in [7, 11) is 0. The minimum absolute atomic E-state index is 0.151. The van der Waals surface area contributed by atoms with Crippen molar-refractivity contribution < 1.29 is 0 Å². The van der Waals surface area contributed by atoms with E-state index in [2.05, 4.69) is 56.6 Å². The summed E-state index contributed by atoms with van der Waals surface area (Å²) in [6.45, 7) is 14.4. The smallest absolute Gasteiger partial charge is 0.185 e. The van der Waals surface area contributed by atoms with E-state index in [1.54, 1.807) is 0 Å². The van der Waals surface area contributed by atoms with Crippen LogP contribution in [0.1, 0.15) is 57.5 Å². The molecule has 0 spiro atoms. The third kappa shape index (κ3) is 4.86. The second-order valence-electron chi connectivity index (χ2n) is 6.82. The number of rotatable bonds is 5. The molecule has 3 nitrogen and oxygen atoms in total. The molecule has 2 heterocycles. The van der Waals surface area contributed by atoms with Crippen molar-refractivity contribution in [3.8, 4) is 0 Å². The molecule has 120 valence electrons. The molecule has 1 aromatic heterocycles. The average Bonchev–Trinajstić information content (AvgIpc) is 2.89. The highest BCUT2D eigenvalue weighted by atomic mass is 32.2. The van der Waals surface area contributed by atoms with Crippen LogP contribution in [0.15, 0.2) is 0 Å². The summed E-state index contributed by atoms with van der Waals surface area (Å²) in [5.74, 6) is 3.01. The summed E-state index contributed by atoms with van der Waals surface area (Å²) in [6, 6.07) is 0. The molecule has 0 amide bonds. The Morgan fingerprint density at radius 1 is 1.29 bits per heavy atom. The van der Waals surface area contributed by atoms with E-state index in [1.807, 2.05) is 11.3 Å². The first-order valence-corrected chi connectivity index (χ1v) is 9.95. The van der Waals surface area contributed by atoms with Crippen LogP contribution in [0.2, 0.25) is 0 Å². The van der Waals surface area contributed by atoms with E-state index in [0.717, 1.165) is 26.1 Å². The van der Waals surface area contributed by atoms with E-state index < -0.39 is 0 Å². The van der Waals surface area contributed by atoms with E-state index in [1.165, 1.54) is 27.2 Å². The van der Waals surface area contributed by atoms with E-state index in [4.69, 9.17) is 4.98 Å². The highest BCUT2D eigenvalue weighted by Crippen LogP contribution is 2.33. The summed E-state index contributed by atoms with van der Waals surface area (Å²) < 4.78 is 0. The number of hydrogen-bond donors (Lipinski definition) is 1. The third-order valence-electron chi connectivity index (χ3n) is 3.86. The highest BCUT2D eigenvalue weighted by molar-refractivity contribution is 7.99. The summed E-state index contributed by atoms with van der Waals surface area (Å²) in [6.07, 6.45) is 1.15. The Labute approximate surface area is 137 Å². The number of thioether (sulfide) groups is 1. The lowest BCUT2D eigenvalue weighted by Gasteiger charge is -2.25. The fourth-order valence-corrected chi connectivity index (χ4v) is 4.37. The minimum atomic E-state index is 0.151. The molecular weight excluding hydrogens is 298 g/mol. The fourth-order valence-electron chi connectivity index (χ4n) is 2.29. The lowest BCUT2D eigenvalue weighted by molar-refractivity contribution is 0.424. The zero-order valence-electron chi connectivity index (χ0n) is 14.0. The van der Waals surface area contributed by atoms with Crippen molar-refractivity contribution in [2.45, 2.75) is 59.0 Å². The molecule has 0 bridgehead atoms. The van der Waals surface area contributed by atoms with Gasteiger partial charge in [-0.1, -0.05) is 13.8 Å². The molecule has 0 aliphatic carbocycles. The van der Waals surface area contributed by atoms with Gasteiger partial charge in [0.15, 0.2) is 5.13 Å². The van der Waals surface area contributed by atoms with Gasteiger partial charge in [-0.15, -0.1) is 11.3 Å². The van der Waals surface area contributed by atoms with E-state index in [9.17, 15) is 0 Å². The Morgan fingerprint density at radius 3 is 2.52 bits per heavy atom.